The molecule has 0 aromatic heterocycles. The third-order valence-corrected chi connectivity index (χ3v) is 3.57. The quantitative estimate of drug-likeness (QED) is 0.869. The number of hydrogen-bond donors (Lipinski definition) is 1. The van der Waals surface area contributed by atoms with Gasteiger partial charge in [0.15, 0.2) is 0 Å². The number of para-hydroxylation sites is 1. The van der Waals surface area contributed by atoms with Gasteiger partial charge in [-0.2, -0.15) is 0 Å². The molecule has 2 amide bonds. The first-order chi connectivity index (χ1) is 9.49. The molecule has 0 spiro atoms. The van der Waals surface area contributed by atoms with Crippen molar-refractivity contribution in [1.82, 2.24) is 10.2 Å². The van der Waals surface area contributed by atoms with E-state index in [0.29, 0.717) is 12.5 Å². The average molecular weight is 278 g/mol. The highest BCUT2D eigenvalue weighted by Gasteiger charge is 2.19. The minimum absolute atomic E-state index is 0.0268. The maximum atomic E-state index is 12.0. The Labute approximate surface area is 122 Å². The van der Waals surface area contributed by atoms with E-state index in [1.54, 1.807) is 19.1 Å². The number of nitrogens with one attached hydrogen (secondary N) is 1. The zero-order valence-corrected chi connectivity index (χ0v) is 13.1. The first-order valence-corrected chi connectivity index (χ1v) is 7.13. The molecule has 0 bridgehead atoms. The molecule has 1 N–H and O–H groups in total. The lowest BCUT2D eigenvalue weighted by atomic mass is 9.96. The van der Waals surface area contributed by atoms with Gasteiger partial charge in [0, 0.05) is 19.6 Å². The Bertz CT molecular complexity index is 432. The first-order valence-electron chi connectivity index (χ1n) is 7.13. The van der Waals surface area contributed by atoms with Crippen molar-refractivity contribution in [3.63, 3.8) is 0 Å². The van der Waals surface area contributed by atoms with E-state index in [-0.39, 0.29) is 12.1 Å². The second-order valence-corrected chi connectivity index (χ2v) is 5.33. The molecule has 20 heavy (non-hydrogen) atoms. The van der Waals surface area contributed by atoms with E-state index in [0.717, 1.165) is 17.7 Å². The van der Waals surface area contributed by atoms with Crippen LogP contribution in [0.15, 0.2) is 24.3 Å². The van der Waals surface area contributed by atoms with Crippen molar-refractivity contribution in [2.45, 2.75) is 33.2 Å². The van der Waals surface area contributed by atoms with Crippen LogP contribution in [-0.4, -0.2) is 37.7 Å². The second-order valence-electron chi connectivity index (χ2n) is 5.33. The monoisotopic (exact) mass is 278 g/mol. The molecular formula is C16H26N2O2. The van der Waals surface area contributed by atoms with Gasteiger partial charge in [0.2, 0.25) is 0 Å². The first kappa shape index (κ1) is 16.3. The van der Waals surface area contributed by atoms with Crippen molar-refractivity contribution in [1.29, 1.82) is 0 Å². The summed E-state index contributed by atoms with van der Waals surface area (Å²) in [6, 6.07) is 8.01. The Balaban J connectivity index is 2.80. The Hall–Kier alpha value is -1.71. The van der Waals surface area contributed by atoms with Gasteiger partial charge in [0.1, 0.15) is 5.75 Å². The van der Waals surface area contributed by atoms with E-state index >= 15 is 0 Å². The summed E-state index contributed by atoms with van der Waals surface area (Å²) in [5.41, 5.74) is 1.12. The molecule has 1 rings (SSSR count). The highest BCUT2D eigenvalue weighted by molar-refractivity contribution is 5.74. The Morgan fingerprint density at radius 1 is 1.35 bits per heavy atom. The van der Waals surface area contributed by atoms with Crippen molar-refractivity contribution in [3.8, 4) is 5.75 Å². The fourth-order valence-electron chi connectivity index (χ4n) is 1.97. The molecule has 112 valence electrons. The van der Waals surface area contributed by atoms with E-state index in [9.17, 15) is 4.79 Å². The minimum Gasteiger partial charge on any atom is -0.496 e. The number of benzene rings is 1. The highest BCUT2D eigenvalue weighted by Crippen LogP contribution is 2.21. The SMILES string of the molecule is CCN(C)C(=O)N[C@@H](Cc1ccccc1OC)C(C)C. The molecule has 0 aliphatic carbocycles. The number of rotatable bonds is 6. The van der Waals surface area contributed by atoms with Gasteiger partial charge in [0.25, 0.3) is 0 Å². The number of hydrogen-bond acceptors (Lipinski definition) is 2. The number of nitrogens with zero attached hydrogens (tertiary/aromatic N) is 1. The van der Waals surface area contributed by atoms with Crippen molar-refractivity contribution in [2.24, 2.45) is 5.92 Å². The van der Waals surface area contributed by atoms with Gasteiger partial charge in [-0.3, -0.25) is 0 Å². The van der Waals surface area contributed by atoms with Crippen molar-refractivity contribution in [3.05, 3.63) is 29.8 Å². The lowest BCUT2D eigenvalue weighted by Crippen LogP contribution is -2.46. The van der Waals surface area contributed by atoms with Crippen LogP contribution in [0.5, 0.6) is 5.75 Å². The largest absolute Gasteiger partial charge is 0.496 e. The second kappa shape index (κ2) is 7.78. The van der Waals surface area contributed by atoms with Gasteiger partial charge in [0.05, 0.1) is 7.11 Å². The number of urea groups is 1. The highest BCUT2D eigenvalue weighted by atomic mass is 16.5. The Morgan fingerprint density at radius 2 is 2.00 bits per heavy atom. The number of amides is 2. The Kier molecular flexibility index (Phi) is 6.36. The summed E-state index contributed by atoms with van der Waals surface area (Å²) >= 11 is 0. The molecule has 0 radical (unpaired) electrons. The van der Waals surface area contributed by atoms with E-state index in [1.165, 1.54) is 0 Å². The number of carbonyl (C=O) groups excluding carboxylic acids is 1. The van der Waals surface area contributed by atoms with Crippen LogP contribution >= 0.6 is 0 Å². The van der Waals surface area contributed by atoms with Crippen molar-refractivity contribution in [2.75, 3.05) is 20.7 Å². The zero-order valence-electron chi connectivity index (χ0n) is 13.1. The molecule has 1 aromatic carbocycles. The molecule has 0 fully saturated rings. The summed E-state index contributed by atoms with van der Waals surface area (Å²) in [5.74, 6) is 1.23. The Morgan fingerprint density at radius 3 is 2.55 bits per heavy atom. The lowest BCUT2D eigenvalue weighted by molar-refractivity contribution is 0.202. The predicted octanol–water partition coefficient (Wildman–Crippen LogP) is 2.92. The molecule has 1 aromatic rings. The summed E-state index contributed by atoms with van der Waals surface area (Å²) in [7, 11) is 3.47. The fraction of sp³-hybridized carbons (Fsp3) is 0.562. The van der Waals surface area contributed by atoms with Crippen molar-refractivity contribution < 1.29 is 9.53 Å². The molecule has 1 atom stereocenters. The van der Waals surface area contributed by atoms with Crippen LogP contribution < -0.4 is 10.1 Å². The standard InChI is InChI=1S/C16H26N2O2/c1-6-18(4)16(19)17-14(12(2)3)11-13-9-7-8-10-15(13)20-5/h7-10,12,14H,6,11H2,1-5H3,(H,17,19)/t14-/m0/s1. The predicted molar refractivity (Wildman–Crippen MR) is 82.2 cm³/mol. The van der Waals surface area contributed by atoms with E-state index in [4.69, 9.17) is 4.74 Å². The maximum Gasteiger partial charge on any atom is 0.317 e. The van der Waals surface area contributed by atoms with E-state index in [1.807, 2.05) is 31.2 Å². The molecule has 0 unspecified atom stereocenters. The topological polar surface area (TPSA) is 41.6 Å². The minimum atomic E-state index is -0.0268. The summed E-state index contributed by atoms with van der Waals surface area (Å²) in [6.07, 6.45) is 0.769. The van der Waals surface area contributed by atoms with Gasteiger partial charge in [-0.05, 0) is 30.9 Å². The van der Waals surface area contributed by atoms with Gasteiger partial charge in [-0.15, -0.1) is 0 Å². The maximum absolute atomic E-state index is 12.0. The molecule has 0 aliphatic heterocycles. The third-order valence-electron chi connectivity index (χ3n) is 3.57. The lowest BCUT2D eigenvalue weighted by Gasteiger charge is -2.26. The van der Waals surface area contributed by atoms with E-state index in [2.05, 4.69) is 19.2 Å². The summed E-state index contributed by atoms with van der Waals surface area (Å²) in [5, 5.41) is 3.10. The molecule has 4 heteroatoms. The van der Waals surface area contributed by atoms with Crippen LogP contribution in [-0.2, 0) is 6.42 Å². The fourth-order valence-corrected chi connectivity index (χ4v) is 1.97. The van der Waals surface area contributed by atoms with Crippen LogP contribution in [0, 0.1) is 5.92 Å². The van der Waals surface area contributed by atoms with Gasteiger partial charge < -0.3 is 15.0 Å². The molecule has 0 heterocycles. The molecule has 0 saturated heterocycles. The molecule has 4 nitrogen and oxygen atoms in total. The number of carbonyl (C=O) groups is 1. The molecule has 0 aliphatic rings. The molecular weight excluding hydrogens is 252 g/mol. The smallest absolute Gasteiger partial charge is 0.317 e. The van der Waals surface area contributed by atoms with Crippen LogP contribution in [0.4, 0.5) is 4.79 Å². The normalized spacial score (nSPS) is 12.1. The van der Waals surface area contributed by atoms with Gasteiger partial charge >= 0.3 is 6.03 Å². The van der Waals surface area contributed by atoms with Gasteiger partial charge in [-0.1, -0.05) is 32.0 Å². The summed E-state index contributed by atoms with van der Waals surface area (Å²) in [4.78, 5) is 13.7. The average Bonchev–Trinajstić information content (AvgIpc) is 2.45. The number of ether oxygens (including phenoxy) is 1. The van der Waals surface area contributed by atoms with E-state index < -0.39 is 0 Å². The van der Waals surface area contributed by atoms with Crippen LogP contribution in [0.1, 0.15) is 26.3 Å². The third kappa shape index (κ3) is 4.44. The van der Waals surface area contributed by atoms with Gasteiger partial charge in [-0.25, -0.2) is 4.79 Å². The number of methoxy groups -OCH3 is 1. The molecule has 0 saturated carbocycles. The summed E-state index contributed by atoms with van der Waals surface area (Å²) < 4.78 is 5.38. The van der Waals surface area contributed by atoms with Crippen LogP contribution in [0.2, 0.25) is 0 Å². The zero-order chi connectivity index (χ0) is 15.1. The van der Waals surface area contributed by atoms with Crippen molar-refractivity contribution >= 4 is 6.03 Å². The van der Waals surface area contributed by atoms with Crippen LogP contribution in [0.3, 0.4) is 0 Å². The summed E-state index contributed by atoms with van der Waals surface area (Å²) in [6.45, 7) is 6.90. The van der Waals surface area contributed by atoms with Crippen LogP contribution in [0.25, 0.3) is 0 Å².